The van der Waals surface area contributed by atoms with Crippen LogP contribution < -0.4 is 34.7 Å². The van der Waals surface area contributed by atoms with Crippen molar-refractivity contribution in [3.63, 3.8) is 0 Å². The van der Waals surface area contributed by atoms with Crippen molar-refractivity contribution in [3.05, 3.63) is 77.5 Å². The third kappa shape index (κ3) is 6.09. The van der Waals surface area contributed by atoms with Crippen molar-refractivity contribution in [3.8, 4) is 28.7 Å². The highest BCUT2D eigenvalue weighted by Gasteiger charge is 2.13. The lowest BCUT2D eigenvalue weighted by atomic mass is 10.1. The molecule has 0 aromatic heterocycles. The van der Waals surface area contributed by atoms with Gasteiger partial charge in [-0.25, -0.2) is 0 Å². The Labute approximate surface area is 210 Å². The van der Waals surface area contributed by atoms with Crippen LogP contribution in [0.25, 0.3) is 12.2 Å². The molecule has 0 saturated heterocycles. The van der Waals surface area contributed by atoms with Gasteiger partial charge in [-0.15, -0.1) is 0 Å². The summed E-state index contributed by atoms with van der Waals surface area (Å²) in [6, 6.07) is 14.2. The van der Waals surface area contributed by atoms with E-state index in [0.29, 0.717) is 45.7 Å². The van der Waals surface area contributed by atoms with Gasteiger partial charge in [0.05, 0.1) is 41.2 Å². The number of nitrogen functional groups attached to an aromatic ring is 1. The first-order chi connectivity index (χ1) is 17.4. The third-order valence-electron chi connectivity index (χ3n) is 5.33. The maximum absolute atomic E-state index is 12.4. The van der Waals surface area contributed by atoms with E-state index in [1.165, 1.54) is 6.08 Å². The van der Waals surface area contributed by atoms with Gasteiger partial charge in [-0.05, 0) is 59.7 Å². The van der Waals surface area contributed by atoms with Crippen LogP contribution in [0.15, 0.2) is 60.8 Å². The molecule has 3 aromatic carbocycles. The van der Waals surface area contributed by atoms with Crippen molar-refractivity contribution in [1.82, 2.24) is 0 Å². The molecule has 0 saturated carbocycles. The molecule has 0 aliphatic carbocycles. The number of allylic oxidation sites excluding steroid dienone is 1. The average Bonchev–Trinajstić information content (AvgIpc) is 2.90. The number of methoxy groups -OCH3 is 5. The van der Waals surface area contributed by atoms with Crippen LogP contribution in [0.5, 0.6) is 28.7 Å². The van der Waals surface area contributed by atoms with Crippen LogP contribution in [-0.4, -0.2) is 41.3 Å². The zero-order chi connectivity index (χ0) is 26.1. The summed E-state index contributed by atoms with van der Waals surface area (Å²) >= 11 is 0. The summed E-state index contributed by atoms with van der Waals surface area (Å²) in [7, 11) is 7.82. The minimum absolute atomic E-state index is 0.160. The molecule has 8 nitrogen and oxygen atoms in total. The maximum Gasteiger partial charge on any atom is 0.203 e. The van der Waals surface area contributed by atoms with Gasteiger partial charge in [0.1, 0.15) is 0 Å². The number of carbonyl (C=O) groups excluding carboxylic acids is 1. The first-order valence-corrected chi connectivity index (χ1v) is 11.0. The molecule has 8 heteroatoms. The number of anilines is 2. The molecule has 36 heavy (non-hydrogen) atoms. The minimum atomic E-state index is -0.160. The van der Waals surface area contributed by atoms with E-state index in [9.17, 15) is 4.79 Å². The number of ether oxygens (including phenoxy) is 5. The topological polar surface area (TPSA) is 101 Å². The molecule has 0 bridgehead atoms. The van der Waals surface area contributed by atoms with Crippen LogP contribution in [0, 0.1) is 0 Å². The molecule has 0 radical (unpaired) electrons. The van der Waals surface area contributed by atoms with Crippen molar-refractivity contribution >= 4 is 29.3 Å². The average molecular weight is 491 g/mol. The molecule has 0 fully saturated rings. The second-order valence-corrected chi connectivity index (χ2v) is 7.56. The van der Waals surface area contributed by atoms with Gasteiger partial charge >= 0.3 is 0 Å². The van der Waals surface area contributed by atoms with Gasteiger partial charge in [-0.1, -0.05) is 12.2 Å². The number of hydrogen-bond donors (Lipinski definition) is 2. The molecule has 0 aliphatic rings. The van der Waals surface area contributed by atoms with Crippen LogP contribution in [0.4, 0.5) is 11.4 Å². The first kappa shape index (κ1) is 26.0. The Morgan fingerprint density at radius 1 is 0.722 bits per heavy atom. The van der Waals surface area contributed by atoms with E-state index < -0.39 is 0 Å². The van der Waals surface area contributed by atoms with Gasteiger partial charge in [0.15, 0.2) is 28.8 Å². The Hall–Kier alpha value is -4.59. The Morgan fingerprint density at radius 2 is 1.22 bits per heavy atom. The summed E-state index contributed by atoms with van der Waals surface area (Å²) in [6.07, 6.45) is 6.82. The number of hydrogen-bond acceptors (Lipinski definition) is 8. The number of carbonyl (C=O) groups is 1. The number of rotatable bonds is 11. The summed E-state index contributed by atoms with van der Waals surface area (Å²) in [5, 5.41) is 3.12. The fraction of sp³-hybridized carbons (Fsp3) is 0.179. The third-order valence-corrected chi connectivity index (χ3v) is 5.33. The second-order valence-electron chi connectivity index (χ2n) is 7.56. The number of benzene rings is 3. The monoisotopic (exact) mass is 490 g/mol. The van der Waals surface area contributed by atoms with E-state index in [1.807, 2.05) is 36.4 Å². The van der Waals surface area contributed by atoms with E-state index in [0.717, 1.165) is 11.1 Å². The van der Waals surface area contributed by atoms with Gasteiger partial charge in [0.2, 0.25) is 5.75 Å². The molecule has 188 valence electrons. The Bertz CT molecular complexity index is 1240. The van der Waals surface area contributed by atoms with Gasteiger partial charge in [0, 0.05) is 23.5 Å². The van der Waals surface area contributed by atoms with Crippen LogP contribution >= 0.6 is 0 Å². The summed E-state index contributed by atoms with van der Waals surface area (Å²) in [5.41, 5.74) is 9.14. The van der Waals surface area contributed by atoms with Crippen molar-refractivity contribution in [2.24, 2.45) is 0 Å². The van der Waals surface area contributed by atoms with Crippen LogP contribution in [0.1, 0.15) is 21.5 Å². The highest BCUT2D eigenvalue weighted by Crippen LogP contribution is 2.40. The van der Waals surface area contributed by atoms with Gasteiger partial charge < -0.3 is 34.7 Å². The second kappa shape index (κ2) is 12.2. The molecule has 0 spiro atoms. The summed E-state index contributed by atoms with van der Waals surface area (Å²) in [4.78, 5) is 12.4. The fourth-order valence-electron chi connectivity index (χ4n) is 3.53. The highest BCUT2D eigenvalue weighted by molar-refractivity contribution is 6.04. The van der Waals surface area contributed by atoms with E-state index in [4.69, 9.17) is 29.4 Å². The molecule has 0 heterocycles. The number of nitrogens with one attached hydrogen (secondary N) is 1. The molecule has 3 N–H and O–H groups in total. The molecule has 0 aliphatic heterocycles. The molecule has 0 unspecified atom stereocenters. The van der Waals surface area contributed by atoms with Crippen molar-refractivity contribution in [2.75, 3.05) is 46.6 Å². The van der Waals surface area contributed by atoms with Crippen molar-refractivity contribution < 1.29 is 28.5 Å². The smallest absolute Gasteiger partial charge is 0.203 e. The quantitative estimate of drug-likeness (QED) is 0.162. The van der Waals surface area contributed by atoms with E-state index in [1.54, 1.807) is 66.0 Å². The van der Waals surface area contributed by atoms with Crippen LogP contribution in [0.3, 0.4) is 0 Å². The van der Waals surface area contributed by atoms with E-state index in [2.05, 4.69) is 5.32 Å². The van der Waals surface area contributed by atoms with Crippen molar-refractivity contribution in [2.45, 2.75) is 0 Å². The number of nitrogens with two attached hydrogens (primary N) is 1. The van der Waals surface area contributed by atoms with Gasteiger partial charge in [0.25, 0.3) is 0 Å². The standard InChI is InChI=1S/C28H30N2O6/c1-32-24-15-18(6-7-19-16-25(33-2)28(36-5)26(17-19)34-3)14-22(27(24)35-4)30-13-12-23(31)20-8-10-21(29)11-9-20/h6-17,30H,29H2,1-5H3/b7-6-,13-12-. The zero-order valence-corrected chi connectivity index (χ0v) is 21.0. The SMILES string of the molecule is COc1cc(/C=C\c2cc(OC)c(OC)c(OC)c2)cc(N/C=C\C(=O)c2ccc(N)cc2)c1OC. The Morgan fingerprint density at radius 3 is 1.72 bits per heavy atom. The molecule has 0 amide bonds. The van der Waals surface area contributed by atoms with E-state index >= 15 is 0 Å². The maximum atomic E-state index is 12.4. The lowest BCUT2D eigenvalue weighted by molar-refractivity contribution is 0.104. The fourth-order valence-corrected chi connectivity index (χ4v) is 3.53. The largest absolute Gasteiger partial charge is 0.493 e. The number of ketones is 1. The lowest BCUT2D eigenvalue weighted by Crippen LogP contribution is -2.00. The summed E-state index contributed by atoms with van der Waals surface area (Å²) in [5.74, 6) is 2.52. The normalized spacial score (nSPS) is 10.9. The predicted molar refractivity (Wildman–Crippen MR) is 143 cm³/mol. The Kier molecular flexibility index (Phi) is 8.83. The molecular weight excluding hydrogens is 460 g/mol. The van der Waals surface area contributed by atoms with Crippen molar-refractivity contribution in [1.29, 1.82) is 0 Å². The molecule has 3 rings (SSSR count). The summed E-state index contributed by atoms with van der Waals surface area (Å²) < 4.78 is 27.3. The van der Waals surface area contributed by atoms with Gasteiger partial charge in [-0.2, -0.15) is 0 Å². The lowest BCUT2D eigenvalue weighted by Gasteiger charge is -2.14. The molecular formula is C28H30N2O6. The minimum Gasteiger partial charge on any atom is -0.493 e. The summed E-state index contributed by atoms with van der Waals surface area (Å²) in [6.45, 7) is 0. The van der Waals surface area contributed by atoms with E-state index in [-0.39, 0.29) is 5.78 Å². The van der Waals surface area contributed by atoms with Crippen LogP contribution in [-0.2, 0) is 0 Å². The van der Waals surface area contributed by atoms with Gasteiger partial charge in [-0.3, -0.25) is 4.79 Å². The predicted octanol–water partition coefficient (Wildman–Crippen LogP) is 5.29. The zero-order valence-electron chi connectivity index (χ0n) is 21.0. The highest BCUT2D eigenvalue weighted by atomic mass is 16.5. The molecule has 3 aromatic rings. The Balaban J connectivity index is 1.89. The molecule has 0 atom stereocenters. The first-order valence-electron chi connectivity index (χ1n) is 11.0. The van der Waals surface area contributed by atoms with Crippen LogP contribution in [0.2, 0.25) is 0 Å².